The van der Waals surface area contributed by atoms with Crippen molar-refractivity contribution in [2.24, 2.45) is 5.10 Å². The highest BCUT2D eigenvalue weighted by atomic mass is 32.1. The summed E-state index contributed by atoms with van der Waals surface area (Å²) >= 11 is 4.29. The number of carboxylic acids is 1. The number of thiol groups is 1. The molecule has 9 heteroatoms. The molecule has 0 aliphatic carbocycles. The van der Waals surface area contributed by atoms with Gasteiger partial charge in [0.1, 0.15) is 5.69 Å². The monoisotopic (exact) mass is 354 g/mol. The third-order valence-electron chi connectivity index (χ3n) is 2.73. The first-order valence-electron chi connectivity index (χ1n) is 7.40. The summed E-state index contributed by atoms with van der Waals surface area (Å²) in [7, 11) is 0. The Labute approximate surface area is 146 Å². The fourth-order valence-electron chi connectivity index (χ4n) is 1.61. The summed E-state index contributed by atoms with van der Waals surface area (Å²) in [5.74, 6) is -0.797. The Kier molecular flexibility index (Phi) is 7.63. The van der Waals surface area contributed by atoms with Crippen LogP contribution < -0.4 is 10.2 Å². The number of aromatic nitrogens is 2. The molecule has 1 aromatic heterocycles. The van der Waals surface area contributed by atoms with Crippen molar-refractivity contribution in [2.75, 3.05) is 6.61 Å². The number of nitrogens with one attached hydrogen (secondary N) is 1. The van der Waals surface area contributed by atoms with Gasteiger partial charge in [0.15, 0.2) is 0 Å². The van der Waals surface area contributed by atoms with Crippen LogP contribution in [0, 0.1) is 0 Å². The number of amides is 1. The van der Waals surface area contributed by atoms with E-state index in [1.807, 2.05) is 13.8 Å². The summed E-state index contributed by atoms with van der Waals surface area (Å²) in [5.41, 5.74) is 3.45. The number of carboxylic acid groups (broad SMARTS) is 1. The third-order valence-corrected chi connectivity index (χ3v) is 2.88. The number of rotatable bonds is 9. The van der Waals surface area contributed by atoms with Gasteiger partial charge in [-0.25, -0.2) is 15.4 Å². The summed E-state index contributed by atoms with van der Waals surface area (Å²) in [4.78, 5) is 30.3. The Morgan fingerprint density at radius 2 is 2.08 bits per heavy atom. The Bertz CT molecular complexity index is 596. The van der Waals surface area contributed by atoms with Crippen LogP contribution in [-0.4, -0.2) is 44.0 Å². The van der Waals surface area contributed by atoms with Gasteiger partial charge in [0.25, 0.3) is 0 Å². The smallest absolute Gasteiger partial charge is 0.303 e. The Morgan fingerprint density at radius 1 is 1.38 bits per heavy atom. The van der Waals surface area contributed by atoms with Gasteiger partial charge in [0.05, 0.1) is 24.7 Å². The van der Waals surface area contributed by atoms with Gasteiger partial charge in [-0.05, 0) is 13.3 Å². The maximum Gasteiger partial charge on any atom is 0.303 e. The van der Waals surface area contributed by atoms with E-state index in [-0.39, 0.29) is 25.4 Å². The van der Waals surface area contributed by atoms with E-state index in [0.29, 0.717) is 23.7 Å². The van der Waals surface area contributed by atoms with Crippen molar-refractivity contribution in [3.8, 4) is 5.88 Å². The molecule has 0 bridgehead atoms. The van der Waals surface area contributed by atoms with Crippen molar-refractivity contribution >= 4 is 30.2 Å². The second kappa shape index (κ2) is 9.21. The molecule has 2 N–H and O–H groups in total. The van der Waals surface area contributed by atoms with Crippen LogP contribution in [-0.2, 0) is 9.59 Å². The number of carbonyl (C=O) groups excluding carboxylic acids is 1. The van der Waals surface area contributed by atoms with Gasteiger partial charge in [-0.2, -0.15) is 17.7 Å². The first-order valence-corrected chi connectivity index (χ1v) is 7.84. The number of hydrazone groups is 1. The standard InChI is InChI=1S/C15H22N4O4S/c1-10(18-19-12(20)7-15(2,3)24)11-8-17-13(9-16-11)23-6-4-5-14(21)22/h8-9,24H,4-7H2,1-3H3,(H,19,20)(H,21,22)/b18-10+. The normalized spacial score (nSPS) is 11.9. The summed E-state index contributed by atoms with van der Waals surface area (Å²) in [6.07, 6.45) is 3.57. The molecule has 1 rings (SSSR count). The van der Waals surface area contributed by atoms with E-state index < -0.39 is 10.7 Å². The van der Waals surface area contributed by atoms with Gasteiger partial charge in [-0.3, -0.25) is 9.59 Å². The fraction of sp³-hybridized carbons (Fsp3) is 0.533. The maximum absolute atomic E-state index is 11.7. The summed E-state index contributed by atoms with van der Waals surface area (Å²) < 4.78 is 4.88. The quantitative estimate of drug-likeness (QED) is 0.269. The summed E-state index contributed by atoms with van der Waals surface area (Å²) in [6.45, 7) is 5.63. The number of hydrogen-bond acceptors (Lipinski definition) is 7. The summed E-state index contributed by atoms with van der Waals surface area (Å²) in [5, 5.41) is 12.5. The first-order chi connectivity index (χ1) is 11.2. The minimum Gasteiger partial charge on any atom is -0.481 e. The maximum atomic E-state index is 11.7. The van der Waals surface area contributed by atoms with Crippen LogP contribution in [0.15, 0.2) is 17.5 Å². The van der Waals surface area contributed by atoms with E-state index in [1.165, 1.54) is 12.4 Å². The van der Waals surface area contributed by atoms with E-state index >= 15 is 0 Å². The van der Waals surface area contributed by atoms with E-state index in [1.54, 1.807) is 6.92 Å². The molecule has 1 amide bonds. The lowest BCUT2D eigenvalue weighted by atomic mass is 10.1. The third kappa shape index (κ3) is 8.47. The predicted octanol–water partition coefficient (Wildman–Crippen LogP) is 1.66. The molecular weight excluding hydrogens is 332 g/mol. The Morgan fingerprint density at radius 3 is 2.62 bits per heavy atom. The van der Waals surface area contributed by atoms with E-state index in [4.69, 9.17) is 9.84 Å². The highest BCUT2D eigenvalue weighted by Gasteiger charge is 2.16. The van der Waals surface area contributed by atoms with Gasteiger partial charge in [-0.1, -0.05) is 13.8 Å². The molecule has 1 aromatic rings. The lowest BCUT2D eigenvalue weighted by molar-refractivity contribution is -0.137. The number of ether oxygens (including phenoxy) is 1. The minimum atomic E-state index is -0.866. The van der Waals surface area contributed by atoms with Crippen molar-refractivity contribution in [3.63, 3.8) is 0 Å². The highest BCUT2D eigenvalue weighted by molar-refractivity contribution is 7.81. The molecule has 24 heavy (non-hydrogen) atoms. The molecule has 0 saturated heterocycles. The average Bonchev–Trinajstić information content (AvgIpc) is 2.48. The zero-order valence-corrected chi connectivity index (χ0v) is 14.8. The SMILES string of the molecule is C/C(=N\NC(=O)CC(C)(C)S)c1cnc(OCCCC(=O)O)cn1. The molecule has 0 aliphatic heterocycles. The molecule has 0 spiro atoms. The van der Waals surface area contributed by atoms with Crippen molar-refractivity contribution in [2.45, 2.75) is 44.8 Å². The molecular formula is C15H22N4O4S. The van der Waals surface area contributed by atoms with Crippen molar-refractivity contribution < 1.29 is 19.4 Å². The van der Waals surface area contributed by atoms with Crippen molar-refractivity contribution in [1.82, 2.24) is 15.4 Å². The van der Waals surface area contributed by atoms with Gasteiger partial charge < -0.3 is 9.84 Å². The molecule has 0 unspecified atom stereocenters. The zero-order chi connectivity index (χ0) is 18.2. The largest absolute Gasteiger partial charge is 0.481 e. The van der Waals surface area contributed by atoms with Gasteiger partial charge in [0.2, 0.25) is 11.8 Å². The number of aliphatic carboxylic acids is 1. The molecule has 0 aliphatic rings. The average molecular weight is 354 g/mol. The molecule has 0 fully saturated rings. The second-order valence-corrected chi connectivity index (χ2v) is 7.02. The number of nitrogens with zero attached hydrogens (tertiary/aromatic N) is 3. The lowest BCUT2D eigenvalue weighted by Crippen LogP contribution is -2.26. The van der Waals surface area contributed by atoms with Crippen LogP contribution in [0.1, 0.15) is 45.7 Å². The predicted molar refractivity (Wildman–Crippen MR) is 92.4 cm³/mol. The van der Waals surface area contributed by atoms with Crippen LogP contribution in [0.5, 0.6) is 5.88 Å². The molecule has 0 atom stereocenters. The molecule has 1 heterocycles. The van der Waals surface area contributed by atoms with Gasteiger partial charge >= 0.3 is 5.97 Å². The number of carbonyl (C=O) groups is 2. The van der Waals surface area contributed by atoms with Crippen LogP contribution in [0.3, 0.4) is 0 Å². The first kappa shape index (κ1) is 19.9. The second-order valence-electron chi connectivity index (χ2n) is 5.81. The molecule has 0 saturated carbocycles. The fourth-order valence-corrected chi connectivity index (χ4v) is 1.76. The van der Waals surface area contributed by atoms with E-state index in [2.05, 4.69) is 33.1 Å². The van der Waals surface area contributed by atoms with Crippen LogP contribution in [0.2, 0.25) is 0 Å². The van der Waals surface area contributed by atoms with Crippen LogP contribution in [0.4, 0.5) is 0 Å². The van der Waals surface area contributed by atoms with Crippen LogP contribution >= 0.6 is 12.6 Å². The van der Waals surface area contributed by atoms with Crippen LogP contribution in [0.25, 0.3) is 0 Å². The molecule has 0 radical (unpaired) electrons. The van der Waals surface area contributed by atoms with Crippen molar-refractivity contribution in [1.29, 1.82) is 0 Å². The van der Waals surface area contributed by atoms with E-state index in [9.17, 15) is 9.59 Å². The Hall–Kier alpha value is -2.16. The van der Waals surface area contributed by atoms with Gasteiger partial charge in [0, 0.05) is 17.6 Å². The molecule has 0 aromatic carbocycles. The molecule has 132 valence electrons. The zero-order valence-electron chi connectivity index (χ0n) is 13.9. The topological polar surface area (TPSA) is 114 Å². The van der Waals surface area contributed by atoms with Gasteiger partial charge in [-0.15, -0.1) is 0 Å². The molecule has 8 nitrogen and oxygen atoms in total. The summed E-state index contributed by atoms with van der Waals surface area (Å²) in [6, 6.07) is 0. The lowest BCUT2D eigenvalue weighted by Gasteiger charge is -2.15. The highest BCUT2D eigenvalue weighted by Crippen LogP contribution is 2.16. The Balaban J connectivity index is 2.50. The van der Waals surface area contributed by atoms with Crippen molar-refractivity contribution in [3.05, 3.63) is 18.1 Å². The van der Waals surface area contributed by atoms with E-state index in [0.717, 1.165) is 0 Å². The minimum absolute atomic E-state index is 0.0417. The number of hydrogen-bond donors (Lipinski definition) is 3.